The smallest absolute Gasteiger partial charge is 0.274 e. The second-order valence-corrected chi connectivity index (χ2v) is 6.60. The van der Waals surface area contributed by atoms with E-state index in [-0.39, 0.29) is 35.8 Å². The van der Waals surface area contributed by atoms with Crippen LogP contribution in [0.3, 0.4) is 0 Å². The SMILES string of the molecule is C[C@@H](CC#N)NC(=O)c1nn(C2CCCCO2)cc1NC(=O)c1ccccn1. The third kappa shape index (κ3) is 4.72. The zero-order valence-electron chi connectivity index (χ0n) is 15.6. The lowest BCUT2D eigenvalue weighted by Crippen LogP contribution is -2.33. The number of nitrogens with one attached hydrogen (secondary N) is 2. The van der Waals surface area contributed by atoms with E-state index in [0.29, 0.717) is 6.61 Å². The minimum atomic E-state index is -0.464. The third-order valence-electron chi connectivity index (χ3n) is 4.32. The van der Waals surface area contributed by atoms with Crippen molar-refractivity contribution in [3.05, 3.63) is 42.0 Å². The summed E-state index contributed by atoms with van der Waals surface area (Å²) in [6.45, 7) is 2.36. The molecule has 0 bridgehead atoms. The summed E-state index contributed by atoms with van der Waals surface area (Å²) in [6, 6.07) is 6.67. The van der Waals surface area contributed by atoms with Crippen LogP contribution in [0.25, 0.3) is 0 Å². The molecular formula is C19H22N6O3. The molecule has 146 valence electrons. The average Bonchev–Trinajstić information content (AvgIpc) is 3.13. The predicted octanol–water partition coefficient (Wildman–Crippen LogP) is 2.26. The molecule has 1 unspecified atom stereocenters. The van der Waals surface area contributed by atoms with Crippen molar-refractivity contribution in [3.8, 4) is 6.07 Å². The fourth-order valence-corrected chi connectivity index (χ4v) is 2.89. The van der Waals surface area contributed by atoms with Crippen molar-refractivity contribution in [1.29, 1.82) is 5.26 Å². The number of carbonyl (C=O) groups is 2. The third-order valence-corrected chi connectivity index (χ3v) is 4.32. The molecule has 3 rings (SSSR count). The van der Waals surface area contributed by atoms with E-state index in [1.54, 1.807) is 36.0 Å². The molecule has 0 radical (unpaired) electrons. The Kier molecular flexibility index (Phi) is 6.34. The molecule has 1 fully saturated rings. The number of hydrogen-bond donors (Lipinski definition) is 2. The van der Waals surface area contributed by atoms with Crippen LogP contribution in [-0.4, -0.2) is 39.2 Å². The van der Waals surface area contributed by atoms with E-state index in [0.717, 1.165) is 19.3 Å². The molecule has 2 aromatic heterocycles. The van der Waals surface area contributed by atoms with Gasteiger partial charge >= 0.3 is 0 Å². The lowest BCUT2D eigenvalue weighted by molar-refractivity contribution is -0.0395. The van der Waals surface area contributed by atoms with Gasteiger partial charge in [-0.1, -0.05) is 6.07 Å². The Bertz CT molecular complexity index is 868. The molecule has 9 nitrogen and oxygen atoms in total. The number of carbonyl (C=O) groups excluding carboxylic acids is 2. The largest absolute Gasteiger partial charge is 0.357 e. The zero-order valence-corrected chi connectivity index (χ0v) is 15.6. The Labute approximate surface area is 162 Å². The first-order valence-corrected chi connectivity index (χ1v) is 9.19. The first-order valence-electron chi connectivity index (χ1n) is 9.19. The van der Waals surface area contributed by atoms with Crippen molar-refractivity contribution in [2.75, 3.05) is 11.9 Å². The predicted molar refractivity (Wildman–Crippen MR) is 100 cm³/mol. The molecule has 1 aliphatic rings. The van der Waals surface area contributed by atoms with Crippen molar-refractivity contribution >= 4 is 17.5 Å². The summed E-state index contributed by atoms with van der Waals surface area (Å²) in [4.78, 5) is 29.2. The Hall–Kier alpha value is -3.25. The van der Waals surface area contributed by atoms with E-state index >= 15 is 0 Å². The van der Waals surface area contributed by atoms with E-state index in [4.69, 9.17) is 10.00 Å². The van der Waals surface area contributed by atoms with Crippen LogP contribution in [0.15, 0.2) is 30.6 Å². The Balaban J connectivity index is 1.85. The van der Waals surface area contributed by atoms with Gasteiger partial charge in [-0.3, -0.25) is 14.6 Å². The minimum absolute atomic E-state index is 0.0724. The molecule has 3 heterocycles. The van der Waals surface area contributed by atoms with E-state index in [9.17, 15) is 9.59 Å². The van der Waals surface area contributed by atoms with Crippen molar-refractivity contribution in [2.45, 2.75) is 44.9 Å². The lowest BCUT2D eigenvalue weighted by Gasteiger charge is -2.22. The molecule has 0 aromatic carbocycles. The molecule has 0 spiro atoms. The molecule has 1 saturated heterocycles. The van der Waals surface area contributed by atoms with E-state index in [1.165, 1.54) is 6.20 Å². The van der Waals surface area contributed by atoms with Gasteiger partial charge in [-0.2, -0.15) is 10.4 Å². The minimum Gasteiger partial charge on any atom is -0.357 e. The number of pyridine rings is 1. The summed E-state index contributed by atoms with van der Waals surface area (Å²) in [7, 11) is 0. The van der Waals surface area contributed by atoms with Gasteiger partial charge in [-0.15, -0.1) is 0 Å². The van der Waals surface area contributed by atoms with Crippen LogP contribution in [0.4, 0.5) is 5.69 Å². The molecule has 2 aromatic rings. The summed E-state index contributed by atoms with van der Waals surface area (Å²) < 4.78 is 7.29. The molecule has 0 aliphatic carbocycles. The van der Waals surface area contributed by atoms with Gasteiger partial charge in [0, 0.05) is 18.8 Å². The molecule has 2 N–H and O–H groups in total. The molecule has 1 aliphatic heterocycles. The van der Waals surface area contributed by atoms with Crippen molar-refractivity contribution in [1.82, 2.24) is 20.1 Å². The fourth-order valence-electron chi connectivity index (χ4n) is 2.89. The Morgan fingerprint density at radius 2 is 2.25 bits per heavy atom. The number of amides is 2. The first-order chi connectivity index (χ1) is 13.6. The van der Waals surface area contributed by atoms with Gasteiger partial charge in [0.25, 0.3) is 11.8 Å². The summed E-state index contributed by atoms with van der Waals surface area (Å²) in [6.07, 6.45) is 5.78. The maximum atomic E-state index is 12.7. The second-order valence-electron chi connectivity index (χ2n) is 6.60. The van der Waals surface area contributed by atoms with Crippen molar-refractivity contribution in [3.63, 3.8) is 0 Å². The normalized spacial score (nSPS) is 17.4. The molecule has 2 atom stereocenters. The average molecular weight is 382 g/mol. The molecule has 0 saturated carbocycles. The van der Waals surface area contributed by atoms with Gasteiger partial charge in [0.1, 0.15) is 11.9 Å². The number of anilines is 1. The van der Waals surface area contributed by atoms with Crippen LogP contribution in [-0.2, 0) is 4.74 Å². The molecule has 28 heavy (non-hydrogen) atoms. The van der Waals surface area contributed by atoms with Crippen LogP contribution in [0.2, 0.25) is 0 Å². The summed E-state index contributed by atoms with van der Waals surface area (Å²) in [5, 5.41) is 18.6. The summed E-state index contributed by atoms with van der Waals surface area (Å²) in [5.74, 6) is -0.905. The highest BCUT2D eigenvalue weighted by molar-refractivity contribution is 6.07. The highest BCUT2D eigenvalue weighted by Gasteiger charge is 2.24. The lowest BCUT2D eigenvalue weighted by atomic mass is 10.2. The monoisotopic (exact) mass is 382 g/mol. The number of aromatic nitrogens is 3. The van der Waals surface area contributed by atoms with Gasteiger partial charge in [-0.05, 0) is 38.3 Å². The topological polar surface area (TPSA) is 122 Å². The Morgan fingerprint density at radius 3 is 2.93 bits per heavy atom. The van der Waals surface area contributed by atoms with Crippen LogP contribution in [0.5, 0.6) is 0 Å². The van der Waals surface area contributed by atoms with Crippen LogP contribution in [0.1, 0.15) is 59.8 Å². The van der Waals surface area contributed by atoms with Crippen LogP contribution >= 0.6 is 0 Å². The van der Waals surface area contributed by atoms with Gasteiger partial charge in [0.05, 0.1) is 24.4 Å². The van der Waals surface area contributed by atoms with E-state index < -0.39 is 11.8 Å². The van der Waals surface area contributed by atoms with Crippen molar-refractivity contribution in [2.24, 2.45) is 0 Å². The van der Waals surface area contributed by atoms with Crippen LogP contribution in [0, 0.1) is 11.3 Å². The van der Waals surface area contributed by atoms with E-state index in [2.05, 4.69) is 20.7 Å². The van der Waals surface area contributed by atoms with Gasteiger partial charge in [0.2, 0.25) is 0 Å². The quantitative estimate of drug-likeness (QED) is 0.790. The number of nitriles is 1. The molecular weight excluding hydrogens is 360 g/mol. The van der Waals surface area contributed by atoms with Gasteiger partial charge < -0.3 is 15.4 Å². The molecule has 9 heteroatoms. The maximum Gasteiger partial charge on any atom is 0.274 e. The highest BCUT2D eigenvalue weighted by atomic mass is 16.5. The van der Waals surface area contributed by atoms with Gasteiger partial charge in [-0.25, -0.2) is 4.68 Å². The molecule has 2 amide bonds. The number of hydrogen-bond acceptors (Lipinski definition) is 6. The fraction of sp³-hybridized carbons (Fsp3) is 0.421. The number of rotatable bonds is 6. The van der Waals surface area contributed by atoms with Crippen molar-refractivity contribution < 1.29 is 14.3 Å². The summed E-state index contributed by atoms with van der Waals surface area (Å²) >= 11 is 0. The highest BCUT2D eigenvalue weighted by Crippen LogP contribution is 2.25. The van der Waals surface area contributed by atoms with Gasteiger partial charge in [0.15, 0.2) is 5.69 Å². The number of nitrogens with zero attached hydrogens (tertiary/aromatic N) is 4. The van der Waals surface area contributed by atoms with Crippen LogP contribution < -0.4 is 10.6 Å². The standard InChI is InChI=1S/C19H22N6O3/c1-13(8-9-20)22-19(27)17-15(23-18(26)14-6-2-4-10-21-14)12-25(24-17)16-7-3-5-11-28-16/h2,4,6,10,12-13,16H,3,5,7-8,11H2,1H3,(H,22,27)(H,23,26)/t13-,16?/m0/s1. The zero-order chi connectivity index (χ0) is 19.9. The maximum absolute atomic E-state index is 12.7. The second kappa shape index (κ2) is 9.10. The summed E-state index contributed by atoms with van der Waals surface area (Å²) in [5.41, 5.74) is 0.572. The first kappa shape index (κ1) is 19.5. The van der Waals surface area contributed by atoms with E-state index in [1.807, 2.05) is 6.07 Å². The Morgan fingerprint density at radius 1 is 1.39 bits per heavy atom. The number of ether oxygens (including phenoxy) is 1.